The van der Waals surface area contributed by atoms with E-state index in [0.717, 1.165) is 0 Å². The summed E-state index contributed by atoms with van der Waals surface area (Å²) in [7, 11) is 0. The molecule has 0 aliphatic carbocycles. The van der Waals surface area contributed by atoms with Gasteiger partial charge < -0.3 is 9.59 Å². The van der Waals surface area contributed by atoms with Crippen molar-refractivity contribution in [1.82, 2.24) is 9.97 Å². The molecule has 4 radical (unpaired) electrons. The summed E-state index contributed by atoms with van der Waals surface area (Å²) in [4.78, 5) is 46.2. The molecule has 25 heavy (non-hydrogen) atoms. The van der Waals surface area contributed by atoms with Gasteiger partial charge in [0.25, 0.3) is 0 Å². The van der Waals surface area contributed by atoms with Gasteiger partial charge in [0, 0.05) is 0 Å². The first kappa shape index (κ1) is 28.4. The van der Waals surface area contributed by atoms with Crippen LogP contribution < -0.4 is 0 Å². The van der Waals surface area contributed by atoms with Crippen molar-refractivity contribution < 1.29 is 64.3 Å². The molecule has 0 saturated carbocycles. The van der Waals surface area contributed by atoms with Crippen LogP contribution in [0.5, 0.6) is 0 Å². The van der Waals surface area contributed by atoms with Crippen LogP contribution in [0.25, 0.3) is 0 Å². The van der Waals surface area contributed by atoms with Crippen LogP contribution in [0.15, 0.2) is 49.1 Å². The first-order chi connectivity index (χ1) is 11.3. The topological polar surface area (TPSA) is 113 Å². The van der Waals surface area contributed by atoms with Gasteiger partial charge in [0.15, 0.2) is 0 Å². The molecule has 0 spiro atoms. The summed E-state index contributed by atoms with van der Waals surface area (Å²) >= 11 is -2.00. The molecule has 0 fully saturated rings. The van der Waals surface area contributed by atoms with Gasteiger partial charge in [-0.05, 0) is 0 Å². The van der Waals surface area contributed by atoms with Crippen molar-refractivity contribution in [3.8, 4) is 0 Å². The van der Waals surface area contributed by atoms with Crippen LogP contribution in [0.1, 0.15) is 20.7 Å². The summed E-state index contributed by atoms with van der Waals surface area (Å²) < 4.78 is 9.93. The summed E-state index contributed by atoms with van der Waals surface area (Å²) in [5, 5.41) is 0. The third-order valence-electron chi connectivity index (χ3n) is 2.10. The number of hydrogen-bond acceptors (Lipinski definition) is 8. The van der Waals surface area contributed by atoms with E-state index in [1.807, 2.05) is 0 Å². The average molecular weight is 623 g/mol. The van der Waals surface area contributed by atoms with E-state index in [2.05, 4.69) is 23.5 Å². The van der Waals surface area contributed by atoms with Crippen molar-refractivity contribution in [3.63, 3.8) is 0 Å². The monoisotopic (exact) mass is 626 g/mol. The Hall–Kier alpha value is -1.37. The van der Waals surface area contributed by atoms with E-state index in [4.69, 9.17) is 15.7 Å². The Bertz CT molecular complexity index is 553. The molecule has 11 heteroatoms. The molecule has 2 aromatic heterocycles. The number of carbonyl (C=O) groups is 2. The van der Waals surface area contributed by atoms with Crippen LogP contribution in [0.3, 0.4) is 0 Å². The number of carbonyl (C=O) groups excluding carboxylic acids is 4. The Labute approximate surface area is 180 Å². The third-order valence-corrected chi connectivity index (χ3v) is 3.63. The molecule has 0 unspecified atom stereocenters. The normalized spacial score (nSPS) is 7.68. The van der Waals surface area contributed by atoms with Crippen LogP contribution in [0, 0.1) is 0 Å². The molecule has 2 aromatic rings. The van der Waals surface area contributed by atoms with Gasteiger partial charge >= 0.3 is 159 Å². The van der Waals surface area contributed by atoms with Gasteiger partial charge in [0.2, 0.25) is 0 Å². The van der Waals surface area contributed by atoms with Crippen LogP contribution in [-0.2, 0) is 54.7 Å². The maximum absolute atomic E-state index is 11.6. The van der Waals surface area contributed by atoms with Crippen LogP contribution in [-0.4, -0.2) is 57.5 Å². The van der Waals surface area contributed by atoms with Crippen molar-refractivity contribution in [2.24, 2.45) is 0 Å². The number of aromatic nitrogens is 2. The maximum atomic E-state index is 11.6. The molecular formula is C14H10N2O6Ru2Sn. The van der Waals surface area contributed by atoms with Crippen molar-refractivity contribution in [1.29, 1.82) is 0 Å². The largest absolute Gasteiger partial charge is 1.00 e. The van der Waals surface area contributed by atoms with Crippen LogP contribution >= 0.6 is 0 Å². The second kappa shape index (κ2) is 19.0. The molecular weight excluding hydrogens is 613 g/mol. The summed E-state index contributed by atoms with van der Waals surface area (Å²) in [5.41, 5.74) is 0.770. The molecule has 132 valence electrons. The van der Waals surface area contributed by atoms with E-state index in [1.54, 1.807) is 0 Å². The number of pyridine rings is 2. The van der Waals surface area contributed by atoms with Gasteiger partial charge in [0.1, 0.15) is 0 Å². The molecule has 0 aliphatic heterocycles. The predicted molar refractivity (Wildman–Crippen MR) is 78.6 cm³/mol. The molecule has 0 amide bonds. The van der Waals surface area contributed by atoms with E-state index in [-0.39, 0.29) is 39.0 Å². The Balaban J connectivity index is -0.000000752. The molecule has 2 heterocycles. The van der Waals surface area contributed by atoms with Crippen molar-refractivity contribution >= 4 is 47.5 Å². The van der Waals surface area contributed by atoms with E-state index >= 15 is 0 Å². The number of hydrogen-bond donors (Lipinski definition) is 0. The summed E-state index contributed by atoms with van der Waals surface area (Å²) in [6, 6.07) is 6.14. The van der Waals surface area contributed by atoms with E-state index in [0.29, 0.717) is 11.1 Å². The molecule has 8 nitrogen and oxygen atoms in total. The van der Waals surface area contributed by atoms with E-state index in [9.17, 15) is 9.59 Å². The van der Waals surface area contributed by atoms with Gasteiger partial charge in [-0.2, -0.15) is 0 Å². The van der Waals surface area contributed by atoms with E-state index < -0.39 is 33.9 Å². The second-order valence-corrected chi connectivity index (χ2v) is 4.98. The fraction of sp³-hybridized carbons (Fsp3) is 0. The molecule has 0 atom stereocenters. The van der Waals surface area contributed by atoms with Crippen LogP contribution in [0.4, 0.5) is 0 Å². The van der Waals surface area contributed by atoms with Gasteiger partial charge in [-0.3, -0.25) is 13.6 Å². The van der Waals surface area contributed by atoms with Gasteiger partial charge in [-0.1, -0.05) is 0 Å². The summed E-state index contributed by atoms with van der Waals surface area (Å²) in [5.74, 6) is -1.01. The fourth-order valence-electron chi connectivity index (χ4n) is 1.19. The molecule has 0 aliphatic rings. The molecule has 2 rings (SSSR count). The minimum absolute atomic E-state index is 0. The molecule has 0 N–H and O–H groups in total. The minimum atomic E-state index is -2.00. The Morgan fingerprint density at radius 2 is 1.00 bits per heavy atom. The zero-order valence-electron chi connectivity index (χ0n) is 12.3. The van der Waals surface area contributed by atoms with E-state index in [1.165, 1.54) is 49.1 Å². The first-order valence-corrected chi connectivity index (χ1v) is 8.05. The first-order valence-electron chi connectivity index (χ1n) is 5.72. The van der Waals surface area contributed by atoms with Crippen molar-refractivity contribution in [3.05, 3.63) is 60.2 Å². The van der Waals surface area contributed by atoms with Gasteiger partial charge in [-0.25, -0.2) is 0 Å². The smallest absolute Gasteiger partial charge is 0.545 e. The van der Waals surface area contributed by atoms with Crippen molar-refractivity contribution in [2.45, 2.75) is 0 Å². The Morgan fingerprint density at radius 1 is 0.720 bits per heavy atom. The zero-order valence-corrected chi connectivity index (χ0v) is 18.7. The predicted octanol–water partition coefficient (Wildman–Crippen LogP) is 0.471. The average Bonchev–Trinajstić information content (AvgIpc) is 2.66. The molecule has 0 aromatic carbocycles. The quantitative estimate of drug-likeness (QED) is 0.275. The SMILES string of the molecule is O=C([O][Sn][O]C(=O)c1ccncc1)c1ccncc1.[CH-]=O.[CH-]=O.[Ru+].[Ru+]. The number of rotatable bonds is 4. The summed E-state index contributed by atoms with van der Waals surface area (Å²) in [6.07, 6.45) is 5.96. The summed E-state index contributed by atoms with van der Waals surface area (Å²) in [6.45, 7) is 6.50. The Morgan fingerprint density at radius 3 is 1.28 bits per heavy atom. The fourth-order valence-corrected chi connectivity index (χ4v) is 2.41. The maximum Gasteiger partial charge on any atom is 1.00 e. The second-order valence-electron chi connectivity index (χ2n) is 3.33. The number of nitrogens with zero attached hydrogens (tertiary/aromatic N) is 2. The Kier molecular flexibility index (Phi) is 21.6. The van der Waals surface area contributed by atoms with Gasteiger partial charge in [0.05, 0.1) is 0 Å². The molecule has 0 bridgehead atoms. The minimum Gasteiger partial charge on any atom is -0.545 e. The van der Waals surface area contributed by atoms with Gasteiger partial charge in [-0.15, -0.1) is 0 Å². The standard InChI is InChI=1S/2C6H5NO2.2CHO.2Ru.Sn/c2*8-6(9)5-1-3-7-4-2-5;2*1-2;;;/h2*1-4H,(H,8,9);2*1H;;;/q;;2*-1;2*+1;+2/p-2. The third kappa shape index (κ3) is 11.7. The molecule has 0 saturated heterocycles. The van der Waals surface area contributed by atoms with Crippen molar-refractivity contribution in [2.75, 3.05) is 0 Å². The van der Waals surface area contributed by atoms with Crippen LogP contribution in [0.2, 0.25) is 0 Å². The zero-order chi connectivity index (χ0) is 17.5.